The summed E-state index contributed by atoms with van der Waals surface area (Å²) >= 11 is 0. The fraction of sp³-hybridized carbons (Fsp3) is 0.875. The maximum absolute atomic E-state index is 12.2. The Bertz CT molecular complexity index is 400. The minimum atomic E-state index is -0.840. The summed E-state index contributed by atoms with van der Waals surface area (Å²) in [6.07, 6.45) is 7.92. The molecule has 1 unspecified atom stereocenters. The lowest BCUT2D eigenvalue weighted by Crippen LogP contribution is -2.61. The SMILES string of the molecule is CCC(CNC(=O)NC12CC3CC(CC(C3)C1)C2)C(=O)O. The zero-order chi connectivity index (χ0) is 15.0. The van der Waals surface area contributed by atoms with Crippen LogP contribution in [-0.2, 0) is 4.79 Å². The highest BCUT2D eigenvalue weighted by molar-refractivity contribution is 5.76. The van der Waals surface area contributed by atoms with Crippen molar-refractivity contribution in [3.8, 4) is 0 Å². The van der Waals surface area contributed by atoms with Crippen LogP contribution in [0.15, 0.2) is 0 Å². The van der Waals surface area contributed by atoms with Crippen molar-refractivity contribution in [1.29, 1.82) is 0 Å². The smallest absolute Gasteiger partial charge is 0.315 e. The van der Waals surface area contributed by atoms with Gasteiger partial charge in [0.05, 0.1) is 5.92 Å². The van der Waals surface area contributed by atoms with Crippen molar-refractivity contribution in [2.45, 2.75) is 57.4 Å². The van der Waals surface area contributed by atoms with Gasteiger partial charge >= 0.3 is 12.0 Å². The van der Waals surface area contributed by atoms with Crippen molar-refractivity contribution in [2.75, 3.05) is 6.54 Å². The third kappa shape index (κ3) is 3.01. The van der Waals surface area contributed by atoms with E-state index in [1.807, 2.05) is 6.92 Å². The third-order valence-electron chi connectivity index (χ3n) is 5.77. The molecule has 0 aliphatic heterocycles. The first-order chi connectivity index (χ1) is 9.99. The first kappa shape index (κ1) is 14.7. The summed E-state index contributed by atoms with van der Waals surface area (Å²) in [5, 5.41) is 15.0. The topological polar surface area (TPSA) is 78.4 Å². The van der Waals surface area contributed by atoms with Crippen LogP contribution in [0.3, 0.4) is 0 Å². The molecular formula is C16H26N2O3. The van der Waals surface area contributed by atoms with Crippen LogP contribution in [0.25, 0.3) is 0 Å². The molecule has 118 valence electrons. The number of carboxylic acids is 1. The van der Waals surface area contributed by atoms with Gasteiger partial charge in [0.1, 0.15) is 0 Å². The number of hydrogen-bond acceptors (Lipinski definition) is 2. The van der Waals surface area contributed by atoms with Gasteiger partial charge in [0, 0.05) is 12.1 Å². The molecule has 5 nitrogen and oxygen atoms in total. The highest BCUT2D eigenvalue weighted by Crippen LogP contribution is 2.55. The fourth-order valence-corrected chi connectivity index (χ4v) is 5.17. The molecule has 4 aliphatic carbocycles. The van der Waals surface area contributed by atoms with Crippen LogP contribution in [0, 0.1) is 23.7 Å². The van der Waals surface area contributed by atoms with E-state index in [0.29, 0.717) is 6.42 Å². The normalized spacial score (nSPS) is 38.0. The van der Waals surface area contributed by atoms with Gasteiger partial charge in [-0.3, -0.25) is 4.79 Å². The van der Waals surface area contributed by atoms with E-state index in [1.165, 1.54) is 19.3 Å². The molecule has 4 saturated carbocycles. The summed E-state index contributed by atoms with van der Waals surface area (Å²) in [6.45, 7) is 2.04. The van der Waals surface area contributed by atoms with E-state index in [9.17, 15) is 9.59 Å². The Morgan fingerprint density at radius 1 is 1.14 bits per heavy atom. The molecule has 0 spiro atoms. The maximum Gasteiger partial charge on any atom is 0.315 e. The molecule has 0 heterocycles. The molecule has 4 rings (SSSR count). The average molecular weight is 294 g/mol. The molecule has 21 heavy (non-hydrogen) atoms. The van der Waals surface area contributed by atoms with Gasteiger partial charge in [0.15, 0.2) is 0 Å². The molecule has 1 atom stereocenters. The Balaban J connectivity index is 1.54. The highest BCUT2D eigenvalue weighted by atomic mass is 16.4. The summed E-state index contributed by atoms with van der Waals surface area (Å²) in [5.41, 5.74) is -0.0102. The van der Waals surface area contributed by atoms with Crippen LogP contribution in [0.1, 0.15) is 51.9 Å². The van der Waals surface area contributed by atoms with Crippen molar-refractivity contribution >= 4 is 12.0 Å². The quantitative estimate of drug-likeness (QED) is 0.728. The molecule has 0 saturated heterocycles. The number of aliphatic carboxylic acids is 1. The van der Waals surface area contributed by atoms with E-state index in [-0.39, 0.29) is 18.1 Å². The number of carbonyl (C=O) groups is 2. The molecule has 3 N–H and O–H groups in total. The zero-order valence-corrected chi connectivity index (χ0v) is 12.7. The standard InChI is InChI=1S/C16H26N2O3/c1-2-13(14(19)20)9-17-15(21)18-16-6-10-3-11(7-16)5-12(4-10)8-16/h10-13H,2-9H2,1H3,(H,19,20)(H2,17,18,21). The Labute approximate surface area is 125 Å². The third-order valence-corrected chi connectivity index (χ3v) is 5.77. The van der Waals surface area contributed by atoms with Gasteiger partial charge in [-0.15, -0.1) is 0 Å². The van der Waals surface area contributed by atoms with E-state index >= 15 is 0 Å². The largest absolute Gasteiger partial charge is 0.481 e. The van der Waals surface area contributed by atoms with Gasteiger partial charge in [-0.25, -0.2) is 4.79 Å². The zero-order valence-electron chi connectivity index (χ0n) is 12.7. The second kappa shape index (κ2) is 5.50. The Morgan fingerprint density at radius 2 is 1.67 bits per heavy atom. The lowest BCUT2D eigenvalue weighted by atomic mass is 9.53. The maximum atomic E-state index is 12.2. The van der Waals surface area contributed by atoms with Crippen LogP contribution in [0.5, 0.6) is 0 Å². The number of carbonyl (C=O) groups excluding carboxylic acids is 1. The minimum Gasteiger partial charge on any atom is -0.481 e. The number of carboxylic acid groups (broad SMARTS) is 1. The second-order valence-corrected chi connectivity index (χ2v) is 7.48. The molecule has 4 bridgehead atoms. The summed E-state index contributed by atoms with van der Waals surface area (Å²) in [6, 6.07) is -0.184. The van der Waals surface area contributed by atoms with Gasteiger partial charge in [0.2, 0.25) is 0 Å². The van der Waals surface area contributed by atoms with Gasteiger partial charge in [0.25, 0.3) is 0 Å². The number of amides is 2. The number of rotatable bonds is 5. The monoisotopic (exact) mass is 294 g/mol. The second-order valence-electron chi connectivity index (χ2n) is 7.48. The van der Waals surface area contributed by atoms with E-state index in [0.717, 1.165) is 37.0 Å². The summed E-state index contributed by atoms with van der Waals surface area (Å²) in [7, 11) is 0. The van der Waals surface area contributed by atoms with Crippen molar-refractivity contribution < 1.29 is 14.7 Å². The molecule has 5 heteroatoms. The van der Waals surface area contributed by atoms with Crippen molar-refractivity contribution in [3.63, 3.8) is 0 Å². The number of hydrogen-bond donors (Lipinski definition) is 3. The molecule has 0 aromatic rings. The van der Waals surface area contributed by atoms with Crippen molar-refractivity contribution in [1.82, 2.24) is 10.6 Å². The molecule has 0 aromatic heterocycles. The van der Waals surface area contributed by atoms with Gasteiger partial charge in [-0.2, -0.15) is 0 Å². The fourth-order valence-electron chi connectivity index (χ4n) is 5.17. The van der Waals surface area contributed by atoms with Crippen LogP contribution in [-0.4, -0.2) is 29.2 Å². The van der Waals surface area contributed by atoms with Crippen molar-refractivity contribution in [3.05, 3.63) is 0 Å². The van der Waals surface area contributed by atoms with Crippen LogP contribution in [0.4, 0.5) is 4.79 Å². The van der Waals surface area contributed by atoms with Crippen molar-refractivity contribution in [2.24, 2.45) is 23.7 Å². The van der Waals surface area contributed by atoms with Gasteiger partial charge < -0.3 is 15.7 Å². The Kier molecular flexibility index (Phi) is 3.84. The van der Waals surface area contributed by atoms with E-state index in [4.69, 9.17) is 5.11 Å². The molecule has 0 aromatic carbocycles. The molecule has 0 radical (unpaired) electrons. The summed E-state index contributed by atoms with van der Waals surface area (Å²) in [4.78, 5) is 23.1. The molecule has 4 fully saturated rings. The predicted molar refractivity (Wildman–Crippen MR) is 78.9 cm³/mol. The van der Waals surface area contributed by atoms with E-state index in [2.05, 4.69) is 10.6 Å². The Morgan fingerprint density at radius 3 is 2.10 bits per heavy atom. The van der Waals surface area contributed by atoms with Gasteiger partial charge in [-0.05, 0) is 62.7 Å². The minimum absolute atomic E-state index is 0.0102. The summed E-state index contributed by atoms with van der Waals surface area (Å²) in [5.74, 6) is 1.04. The number of nitrogens with one attached hydrogen (secondary N) is 2. The number of urea groups is 1. The lowest BCUT2D eigenvalue weighted by Gasteiger charge is -2.56. The average Bonchev–Trinajstić information content (AvgIpc) is 2.36. The van der Waals surface area contributed by atoms with Crippen LogP contribution >= 0.6 is 0 Å². The first-order valence-electron chi connectivity index (χ1n) is 8.28. The highest BCUT2D eigenvalue weighted by Gasteiger charge is 2.51. The molecule has 2 amide bonds. The van der Waals surface area contributed by atoms with E-state index in [1.54, 1.807) is 0 Å². The predicted octanol–water partition coefficient (Wildman–Crippen LogP) is 2.37. The molecule has 4 aliphatic rings. The van der Waals surface area contributed by atoms with Gasteiger partial charge in [-0.1, -0.05) is 6.92 Å². The molecular weight excluding hydrogens is 268 g/mol. The Hall–Kier alpha value is -1.26. The lowest BCUT2D eigenvalue weighted by molar-refractivity contribution is -0.141. The van der Waals surface area contributed by atoms with Crippen LogP contribution < -0.4 is 10.6 Å². The van der Waals surface area contributed by atoms with Crippen LogP contribution in [0.2, 0.25) is 0 Å². The van der Waals surface area contributed by atoms with E-state index < -0.39 is 11.9 Å². The summed E-state index contributed by atoms with van der Waals surface area (Å²) < 4.78 is 0. The first-order valence-corrected chi connectivity index (χ1v) is 8.28.